The molecule has 0 radical (unpaired) electrons. The Bertz CT molecular complexity index is 292. The molecular formula is C13H25N3O2. The van der Waals surface area contributed by atoms with E-state index in [1.54, 1.807) is 0 Å². The van der Waals surface area contributed by atoms with Crippen molar-refractivity contribution in [1.82, 2.24) is 15.1 Å². The van der Waals surface area contributed by atoms with Crippen LogP contribution >= 0.6 is 0 Å². The second-order valence-electron chi connectivity index (χ2n) is 5.00. The van der Waals surface area contributed by atoms with E-state index in [9.17, 15) is 9.59 Å². The van der Waals surface area contributed by atoms with Crippen molar-refractivity contribution in [1.29, 1.82) is 0 Å². The molecule has 1 aliphatic heterocycles. The first-order valence-electron chi connectivity index (χ1n) is 6.83. The molecule has 5 nitrogen and oxygen atoms in total. The molecule has 0 aromatic heterocycles. The highest BCUT2D eigenvalue weighted by atomic mass is 16.2. The largest absolute Gasteiger partial charge is 0.341 e. The summed E-state index contributed by atoms with van der Waals surface area (Å²) in [6.07, 6.45) is 1.42. The van der Waals surface area contributed by atoms with Crippen LogP contribution < -0.4 is 5.32 Å². The summed E-state index contributed by atoms with van der Waals surface area (Å²) >= 11 is 0. The molecule has 0 spiro atoms. The average Bonchev–Trinajstić information content (AvgIpc) is 2.60. The van der Waals surface area contributed by atoms with Gasteiger partial charge in [-0.05, 0) is 6.42 Å². The summed E-state index contributed by atoms with van der Waals surface area (Å²) in [7, 11) is 0. The lowest BCUT2D eigenvalue weighted by atomic mass is 10.3. The number of nitrogens with one attached hydrogen (secondary N) is 1. The van der Waals surface area contributed by atoms with Gasteiger partial charge in [-0.15, -0.1) is 0 Å². The van der Waals surface area contributed by atoms with E-state index in [4.69, 9.17) is 0 Å². The van der Waals surface area contributed by atoms with Gasteiger partial charge >= 0.3 is 0 Å². The summed E-state index contributed by atoms with van der Waals surface area (Å²) < 4.78 is 0. The van der Waals surface area contributed by atoms with Gasteiger partial charge in [-0.25, -0.2) is 0 Å². The molecule has 1 saturated heterocycles. The normalized spacial score (nSPS) is 16.9. The van der Waals surface area contributed by atoms with E-state index in [-0.39, 0.29) is 11.8 Å². The third kappa shape index (κ3) is 4.64. The van der Waals surface area contributed by atoms with Crippen LogP contribution in [0.3, 0.4) is 0 Å². The van der Waals surface area contributed by atoms with Gasteiger partial charge in [0.1, 0.15) is 0 Å². The molecule has 1 heterocycles. The standard InChI is InChI=1S/C13H25N3O2/c1-4-12(17)15-6-5-7-16(9-8-15)13(18)10-14-11(2)3/h11,14H,4-10H2,1-3H3. The molecular weight excluding hydrogens is 230 g/mol. The minimum absolute atomic E-state index is 0.134. The van der Waals surface area contributed by atoms with Gasteiger partial charge in [-0.3, -0.25) is 9.59 Å². The maximum absolute atomic E-state index is 12.0. The Labute approximate surface area is 110 Å². The summed E-state index contributed by atoms with van der Waals surface area (Å²) in [5, 5.41) is 3.14. The van der Waals surface area contributed by atoms with Crippen LogP contribution in [-0.4, -0.2) is 60.4 Å². The predicted molar refractivity (Wildman–Crippen MR) is 71.2 cm³/mol. The fraction of sp³-hybridized carbons (Fsp3) is 0.846. The highest BCUT2D eigenvalue weighted by Gasteiger charge is 2.20. The fourth-order valence-corrected chi connectivity index (χ4v) is 2.04. The molecule has 0 atom stereocenters. The van der Waals surface area contributed by atoms with Crippen molar-refractivity contribution in [2.24, 2.45) is 0 Å². The van der Waals surface area contributed by atoms with Crippen molar-refractivity contribution >= 4 is 11.8 Å². The minimum atomic E-state index is 0.134. The Morgan fingerprint density at radius 2 is 1.61 bits per heavy atom. The van der Waals surface area contributed by atoms with Crippen molar-refractivity contribution in [3.05, 3.63) is 0 Å². The monoisotopic (exact) mass is 255 g/mol. The topological polar surface area (TPSA) is 52.7 Å². The molecule has 5 heteroatoms. The zero-order valence-electron chi connectivity index (χ0n) is 11.7. The van der Waals surface area contributed by atoms with Crippen molar-refractivity contribution < 1.29 is 9.59 Å². The summed E-state index contributed by atoms with van der Waals surface area (Å²) in [5.74, 6) is 0.319. The summed E-state index contributed by atoms with van der Waals surface area (Å²) in [6.45, 7) is 9.17. The van der Waals surface area contributed by atoms with Crippen molar-refractivity contribution in [3.63, 3.8) is 0 Å². The van der Waals surface area contributed by atoms with Gasteiger partial charge in [0.2, 0.25) is 11.8 Å². The molecule has 0 aromatic carbocycles. The molecule has 1 aliphatic rings. The number of carbonyl (C=O) groups is 2. The molecule has 1 N–H and O–H groups in total. The quantitative estimate of drug-likeness (QED) is 0.794. The van der Waals surface area contributed by atoms with E-state index in [0.29, 0.717) is 32.1 Å². The van der Waals surface area contributed by atoms with Crippen molar-refractivity contribution in [2.75, 3.05) is 32.7 Å². The number of amides is 2. The fourth-order valence-electron chi connectivity index (χ4n) is 2.04. The first-order valence-corrected chi connectivity index (χ1v) is 6.83. The maximum Gasteiger partial charge on any atom is 0.236 e. The SMILES string of the molecule is CCC(=O)N1CCCN(C(=O)CNC(C)C)CC1. The molecule has 104 valence electrons. The molecule has 0 unspecified atom stereocenters. The van der Waals surface area contributed by atoms with E-state index in [0.717, 1.165) is 19.5 Å². The predicted octanol–water partition coefficient (Wildman–Crippen LogP) is 0.455. The van der Waals surface area contributed by atoms with Gasteiger partial charge in [-0.2, -0.15) is 0 Å². The second-order valence-corrected chi connectivity index (χ2v) is 5.00. The van der Waals surface area contributed by atoms with Gasteiger partial charge in [0.15, 0.2) is 0 Å². The summed E-state index contributed by atoms with van der Waals surface area (Å²) in [5.41, 5.74) is 0. The highest BCUT2D eigenvalue weighted by molar-refractivity contribution is 5.79. The van der Waals surface area contributed by atoms with Gasteiger partial charge < -0.3 is 15.1 Å². The molecule has 2 amide bonds. The van der Waals surface area contributed by atoms with E-state index in [2.05, 4.69) is 5.32 Å². The van der Waals surface area contributed by atoms with Crippen LogP contribution in [0.15, 0.2) is 0 Å². The van der Waals surface area contributed by atoms with Crippen LogP contribution in [0, 0.1) is 0 Å². The second kappa shape index (κ2) is 7.36. The average molecular weight is 255 g/mol. The van der Waals surface area contributed by atoms with Crippen LogP contribution in [-0.2, 0) is 9.59 Å². The van der Waals surface area contributed by atoms with E-state index < -0.39 is 0 Å². The molecule has 0 bridgehead atoms. The number of carbonyl (C=O) groups excluding carboxylic acids is 2. The number of hydrogen-bond acceptors (Lipinski definition) is 3. The number of rotatable bonds is 4. The van der Waals surface area contributed by atoms with Gasteiger partial charge in [0, 0.05) is 38.6 Å². The molecule has 1 rings (SSSR count). The first-order chi connectivity index (χ1) is 8.54. The lowest BCUT2D eigenvalue weighted by Gasteiger charge is -2.22. The third-order valence-electron chi connectivity index (χ3n) is 3.17. The number of hydrogen-bond donors (Lipinski definition) is 1. The maximum atomic E-state index is 12.0. The summed E-state index contributed by atoms with van der Waals surface area (Å²) in [4.78, 5) is 27.3. The smallest absolute Gasteiger partial charge is 0.236 e. The lowest BCUT2D eigenvalue weighted by molar-refractivity contribution is -0.132. The first kappa shape index (κ1) is 15.0. The number of nitrogens with zero attached hydrogens (tertiary/aromatic N) is 2. The van der Waals surface area contributed by atoms with E-state index in [1.165, 1.54) is 0 Å². The van der Waals surface area contributed by atoms with Crippen LogP contribution in [0.4, 0.5) is 0 Å². The highest BCUT2D eigenvalue weighted by Crippen LogP contribution is 2.05. The Morgan fingerprint density at radius 3 is 2.11 bits per heavy atom. The zero-order chi connectivity index (χ0) is 13.5. The van der Waals surface area contributed by atoms with Gasteiger partial charge in [0.25, 0.3) is 0 Å². The lowest BCUT2D eigenvalue weighted by Crippen LogP contribution is -2.42. The molecule has 0 aromatic rings. The van der Waals surface area contributed by atoms with E-state index >= 15 is 0 Å². The molecule has 1 fully saturated rings. The van der Waals surface area contributed by atoms with Crippen LogP contribution in [0.25, 0.3) is 0 Å². The molecule has 18 heavy (non-hydrogen) atoms. The summed E-state index contributed by atoms with van der Waals surface area (Å²) in [6, 6.07) is 0.319. The van der Waals surface area contributed by atoms with Crippen molar-refractivity contribution in [3.8, 4) is 0 Å². The van der Waals surface area contributed by atoms with Gasteiger partial charge in [-0.1, -0.05) is 20.8 Å². The Morgan fingerprint density at radius 1 is 1.06 bits per heavy atom. The van der Waals surface area contributed by atoms with Crippen LogP contribution in [0.5, 0.6) is 0 Å². The molecule has 0 saturated carbocycles. The van der Waals surface area contributed by atoms with E-state index in [1.807, 2.05) is 30.6 Å². The Hall–Kier alpha value is -1.10. The Kier molecular flexibility index (Phi) is 6.12. The van der Waals surface area contributed by atoms with Gasteiger partial charge in [0.05, 0.1) is 6.54 Å². The third-order valence-corrected chi connectivity index (χ3v) is 3.17. The van der Waals surface area contributed by atoms with Crippen LogP contribution in [0.2, 0.25) is 0 Å². The minimum Gasteiger partial charge on any atom is -0.341 e. The Balaban J connectivity index is 2.41. The van der Waals surface area contributed by atoms with Crippen LogP contribution in [0.1, 0.15) is 33.6 Å². The van der Waals surface area contributed by atoms with Crippen molar-refractivity contribution in [2.45, 2.75) is 39.7 Å². The zero-order valence-corrected chi connectivity index (χ0v) is 11.7. The molecule has 0 aliphatic carbocycles.